The molecule has 1 rings (SSSR count). The van der Waals surface area contributed by atoms with E-state index in [0.29, 0.717) is 18.4 Å². The molecule has 0 fully saturated rings. The SMILES string of the molecule is CCOCCCNc1cc(OCC)nc(CC(C)C)n1. The number of anilines is 1. The highest BCUT2D eigenvalue weighted by atomic mass is 16.5. The summed E-state index contributed by atoms with van der Waals surface area (Å²) in [5.41, 5.74) is 0. The molecule has 0 spiro atoms. The van der Waals surface area contributed by atoms with Gasteiger partial charge >= 0.3 is 0 Å². The van der Waals surface area contributed by atoms with Gasteiger partial charge in [0.15, 0.2) is 0 Å². The summed E-state index contributed by atoms with van der Waals surface area (Å²) in [6, 6.07) is 1.86. The second kappa shape index (κ2) is 9.53. The van der Waals surface area contributed by atoms with Gasteiger partial charge in [-0.1, -0.05) is 13.8 Å². The van der Waals surface area contributed by atoms with Crippen molar-refractivity contribution in [3.05, 3.63) is 11.9 Å². The van der Waals surface area contributed by atoms with E-state index in [4.69, 9.17) is 9.47 Å². The Morgan fingerprint density at radius 3 is 2.65 bits per heavy atom. The maximum atomic E-state index is 5.50. The van der Waals surface area contributed by atoms with Crippen LogP contribution >= 0.6 is 0 Å². The van der Waals surface area contributed by atoms with Crippen LogP contribution in [0.5, 0.6) is 5.88 Å². The van der Waals surface area contributed by atoms with Crippen molar-refractivity contribution in [2.75, 3.05) is 31.7 Å². The molecule has 0 radical (unpaired) electrons. The third-order valence-electron chi connectivity index (χ3n) is 2.61. The molecule has 5 heteroatoms. The Kier molecular flexibility index (Phi) is 7.95. The van der Waals surface area contributed by atoms with Crippen LogP contribution in [0, 0.1) is 5.92 Å². The molecule has 0 aliphatic heterocycles. The summed E-state index contributed by atoms with van der Waals surface area (Å²) in [5, 5.41) is 3.30. The van der Waals surface area contributed by atoms with Gasteiger partial charge in [0.1, 0.15) is 11.6 Å². The number of nitrogens with zero attached hydrogens (tertiary/aromatic N) is 2. The molecule has 0 aliphatic carbocycles. The van der Waals surface area contributed by atoms with Crippen molar-refractivity contribution in [3.63, 3.8) is 0 Å². The summed E-state index contributed by atoms with van der Waals surface area (Å²) in [7, 11) is 0. The molecule has 5 nitrogen and oxygen atoms in total. The Morgan fingerprint density at radius 2 is 2.00 bits per heavy atom. The summed E-state index contributed by atoms with van der Waals surface area (Å²) >= 11 is 0. The van der Waals surface area contributed by atoms with Crippen molar-refractivity contribution >= 4 is 5.82 Å². The van der Waals surface area contributed by atoms with E-state index in [1.165, 1.54) is 0 Å². The average molecular weight is 281 g/mol. The second-order valence-corrected chi connectivity index (χ2v) is 5.02. The molecule has 1 aromatic rings. The van der Waals surface area contributed by atoms with Crippen molar-refractivity contribution in [2.45, 2.75) is 40.5 Å². The van der Waals surface area contributed by atoms with Crippen LogP contribution in [0.2, 0.25) is 0 Å². The van der Waals surface area contributed by atoms with Gasteiger partial charge in [-0.25, -0.2) is 4.98 Å². The summed E-state index contributed by atoms with van der Waals surface area (Å²) in [6.45, 7) is 11.3. The minimum atomic E-state index is 0.526. The minimum Gasteiger partial charge on any atom is -0.478 e. The lowest BCUT2D eigenvalue weighted by Gasteiger charge is -2.11. The first-order valence-electron chi connectivity index (χ1n) is 7.48. The first-order valence-corrected chi connectivity index (χ1v) is 7.48. The van der Waals surface area contributed by atoms with Crippen LogP contribution in [-0.2, 0) is 11.2 Å². The molecule has 0 amide bonds. The highest BCUT2D eigenvalue weighted by Gasteiger charge is 2.07. The maximum Gasteiger partial charge on any atom is 0.218 e. The van der Waals surface area contributed by atoms with Crippen LogP contribution in [0.1, 0.15) is 39.9 Å². The Morgan fingerprint density at radius 1 is 1.20 bits per heavy atom. The zero-order chi connectivity index (χ0) is 14.8. The van der Waals surface area contributed by atoms with Gasteiger partial charge in [0.05, 0.1) is 6.61 Å². The monoisotopic (exact) mass is 281 g/mol. The van der Waals surface area contributed by atoms with Crippen LogP contribution in [0.4, 0.5) is 5.82 Å². The lowest BCUT2D eigenvalue weighted by atomic mass is 10.1. The first kappa shape index (κ1) is 16.7. The van der Waals surface area contributed by atoms with E-state index in [1.807, 2.05) is 19.9 Å². The van der Waals surface area contributed by atoms with Crippen molar-refractivity contribution in [1.29, 1.82) is 0 Å². The molecule has 0 bridgehead atoms. The van der Waals surface area contributed by atoms with Crippen molar-refractivity contribution in [2.24, 2.45) is 5.92 Å². The Bertz CT molecular complexity index is 383. The van der Waals surface area contributed by atoms with Crippen LogP contribution in [0.15, 0.2) is 6.07 Å². The fraction of sp³-hybridized carbons (Fsp3) is 0.733. The van der Waals surface area contributed by atoms with E-state index in [9.17, 15) is 0 Å². The molecule has 0 aromatic carbocycles. The maximum absolute atomic E-state index is 5.50. The lowest BCUT2D eigenvalue weighted by Crippen LogP contribution is -2.10. The zero-order valence-corrected chi connectivity index (χ0v) is 13.1. The Labute approximate surface area is 122 Å². The fourth-order valence-corrected chi connectivity index (χ4v) is 1.78. The van der Waals surface area contributed by atoms with Crippen LogP contribution in [-0.4, -0.2) is 36.3 Å². The highest BCUT2D eigenvalue weighted by Crippen LogP contribution is 2.15. The number of ether oxygens (including phenoxy) is 2. The lowest BCUT2D eigenvalue weighted by molar-refractivity contribution is 0.147. The molecule has 0 saturated heterocycles. The molecule has 1 heterocycles. The van der Waals surface area contributed by atoms with Crippen LogP contribution in [0.25, 0.3) is 0 Å². The van der Waals surface area contributed by atoms with Gasteiger partial charge in [-0.2, -0.15) is 4.98 Å². The van der Waals surface area contributed by atoms with E-state index in [0.717, 1.165) is 44.2 Å². The summed E-state index contributed by atoms with van der Waals surface area (Å²) in [4.78, 5) is 8.95. The van der Waals surface area contributed by atoms with Crippen molar-refractivity contribution < 1.29 is 9.47 Å². The molecule has 1 N–H and O–H groups in total. The number of aromatic nitrogens is 2. The third kappa shape index (κ3) is 6.70. The first-order chi connectivity index (χ1) is 9.65. The van der Waals surface area contributed by atoms with Gasteiger partial charge < -0.3 is 14.8 Å². The van der Waals surface area contributed by atoms with E-state index in [1.54, 1.807) is 0 Å². The smallest absolute Gasteiger partial charge is 0.218 e. The quantitative estimate of drug-likeness (QED) is 0.668. The minimum absolute atomic E-state index is 0.526. The predicted molar refractivity (Wildman–Crippen MR) is 81.3 cm³/mol. The molecule has 0 saturated carbocycles. The van der Waals surface area contributed by atoms with Gasteiger partial charge in [0, 0.05) is 32.2 Å². The molecule has 1 aromatic heterocycles. The third-order valence-corrected chi connectivity index (χ3v) is 2.61. The summed E-state index contributed by atoms with van der Waals surface area (Å²) in [6.07, 6.45) is 1.82. The number of hydrogen-bond acceptors (Lipinski definition) is 5. The van der Waals surface area contributed by atoms with Crippen molar-refractivity contribution in [3.8, 4) is 5.88 Å². The topological polar surface area (TPSA) is 56.3 Å². The second-order valence-electron chi connectivity index (χ2n) is 5.02. The molecular weight excluding hydrogens is 254 g/mol. The van der Waals surface area contributed by atoms with Gasteiger partial charge in [-0.05, 0) is 26.2 Å². The van der Waals surface area contributed by atoms with E-state index in [-0.39, 0.29) is 0 Å². The molecule has 0 aliphatic rings. The predicted octanol–water partition coefficient (Wildman–Crippen LogP) is 2.91. The zero-order valence-electron chi connectivity index (χ0n) is 13.1. The average Bonchev–Trinajstić information content (AvgIpc) is 2.38. The summed E-state index contributed by atoms with van der Waals surface area (Å²) < 4.78 is 10.8. The number of hydrogen-bond donors (Lipinski definition) is 1. The van der Waals surface area contributed by atoms with E-state index < -0.39 is 0 Å². The molecule has 0 atom stereocenters. The van der Waals surface area contributed by atoms with Crippen LogP contribution in [0.3, 0.4) is 0 Å². The normalized spacial score (nSPS) is 10.8. The molecule has 20 heavy (non-hydrogen) atoms. The number of rotatable bonds is 10. The highest BCUT2D eigenvalue weighted by molar-refractivity contribution is 5.38. The standard InChI is InChI=1S/C15H27N3O2/c1-5-19-9-7-8-16-13-11-15(20-6-2)18-14(17-13)10-12(3)4/h11-12H,5-10H2,1-4H3,(H,16,17,18). The van der Waals surface area contributed by atoms with Crippen LogP contribution < -0.4 is 10.1 Å². The van der Waals surface area contributed by atoms with Crippen molar-refractivity contribution in [1.82, 2.24) is 9.97 Å². The Balaban J connectivity index is 2.60. The van der Waals surface area contributed by atoms with E-state index in [2.05, 4.69) is 29.1 Å². The molecular formula is C15H27N3O2. The van der Waals surface area contributed by atoms with E-state index >= 15 is 0 Å². The number of nitrogens with one attached hydrogen (secondary N) is 1. The fourth-order valence-electron chi connectivity index (χ4n) is 1.78. The molecule has 0 unspecified atom stereocenters. The summed E-state index contributed by atoms with van der Waals surface area (Å²) in [5.74, 6) is 2.83. The Hall–Kier alpha value is -1.36. The largest absolute Gasteiger partial charge is 0.478 e. The van der Waals surface area contributed by atoms with Gasteiger partial charge in [-0.3, -0.25) is 0 Å². The van der Waals surface area contributed by atoms with Gasteiger partial charge in [0.25, 0.3) is 0 Å². The molecule has 114 valence electrons. The van der Waals surface area contributed by atoms with Gasteiger partial charge in [-0.15, -0.1) is 0 Å². The van der Waals surface area contributed by atoms with Gasteiger partial charge in [0.2, 0.25) is 5.88 Å².